The Hall–Kier alpha value is -0.610. The Kier molecular flexibility index (Phi) is 5.85. The Labute approximate surface area is 126 Å². The molecule has 1 saturated heterocycles. The fourth-order valence-electron chi connectivity index (χ4n) is 2.60. The monoisotopic (exact) mass is 297 g/mol. The van der Waals surface area contributed by atoms with Gasteiger partial charge in [0.05, 0.1) is 5.60 Å². The van der Waals surface area contributed by atoms with Gasteiger partial charge in [-0.2, -0.15) is 0 Å². The van der Waals surface area contributed by atoms with Gasteiger partial charge in [-0.1, -0.05) is 23.7 Å². The summed E-state index contributed by atoms with van der Waals surface area (Å²) in [5.41, 5.74) is 1.24. The van der Waals surface area contributed by atoms with E-state index in [0.29, 0.717) is 6.04 Å². The standard InChI is InChI=1S/C16H24ClNO2/c1-13(11-14-3-5-15(17)6-4-14)18-12-16(19-2)7-9-20-10-8-16/h3-6,13,18H,7-12H2,1-2H3/t13-/m1/s1. The molecular weight excluding hydrogens is 274 g/mol. The summed E-state index contributed by atoms with van der Waals surface area (Å²) in [5.74, 6) is 0. The molecule has 1 aliphatic heterocycles. The molecule has 3 nitrogen and oxygen atoms in total. The number of hydrogen-bond donors (Lipinski definition) is 1. The molecule has 1 heterocycles. The normalized spacial score (nSPS) is 19.8. The van der Waals surface area contributed by atoms with E-state index in [4.69, 9.17) is 21.1 Å². The van der Waals surface area contributed by atoms with Crippen LogP contribution in [0, 0.1) is 0 Å². The van der Waals surface area contributed by atoms with Crippen molar-refractivity contribution >= 4 is 11.6 Å². The molecular formula is C16H24ClNO2. The van der Waals surface area contributed by atoms with Gasteiger partial charge < -0.3 is 14.8 Å². The second-order valence-electron chi connectivity index (χ2n) is 5.61. The Morgan fingerprint density at radius 3 is 2.55 bits per heavy atom. The van der Waals surface area contributed by atoms with E-state index in [0.717, 1.165) is 44.0 Å². The van der Waals surface area contributed by atoms with Crippen LogP contribution in [0.2, 0.25) is 5.02 Å². The minimum atomic E-state index is -0.0630. The molecule has 0 saturated carbocycles. The molecule has 20 heavy (non-hydrogen) atoms. The molecule has 0 radical (unpaired) electrons. The van der Waals surface area contributed by atoms with E-state index in [1.807, 2.05) is 12.1 Å². The highest BCUT2D eigenvalue weighted by molar-refractivity contribution is 6.30. The van der Waals surface area contributed by atoms with E-state index >= 15 is 0 Å². The van der Waals surface area contributed by atoms with E-state index in [2.05, 4.69) is 24.4 Å². The number of halogens is 1. The van der Waals surface area contributed by atoms with Gasteiger partial charge in [0, 0.05) is 50.8 Å². The molecule has 4 heteroatoms. The van der Waals surface area contributed by atoms with Gasteiger partial charge in [0.15, 0.2) is 0 Å². The number of nitrogens with one attached hydrogen (secondary N) is 1. The molecule has 0 aliphatic carbocycles. The van der Waals surface area contributed by atoms with Gasteiger partial charge in [-0.3, -0.25) is 0 Å². The largest absolute Gasteiger partial charge is 0.381 e. The third-order valence-electron chi connectivity index (χ3n) is 4.06. The highest BCUT2D eigenvalue weighted by Crippen LogP contribution is 2.23. The summed E-state index contributed by atoms with van der Waals surface area (Å²) < 4.78 is 11.2. The minimum absolute atomic E-state index is 0.0630. The molecule has 1 aliphatic rings. The third-order valence-corrected chi connectivity index (χ3v) is 4.32. The van der Waals surface area contributed by atoms with Crippen molar-refractivity contribution in [3.8, 4) is 0 Å². The highest BCUT2D eigenvalue weighted by atomic mass is 35.5. The quantitative estimate of drug-likeness (QED) is 0.875. The maximum absolute atomic E-state index is 5.90. The van der Waals surface area contributed by atoms with Crippen molar-refractivity contribution in [3.05, 3.63) is 34.9 Å². The molecule has 2 rings (SSSR count). The van der Waals surface area contributed by atoms with Crippen molar-refractivity contribution in [1.29, 1.82) is 0 Å². The van der Waals surface area contributed by atoms with Crippen LogP contribution in [-0.4, -0.2) is 38.5 Å². The Morgan fingerprint density at radius 1 is 1.30 bits per heavy atom. The van der Waals surface area contributed by atoms with Crippen molar-refractivity contribution in [3.63, 3.8) is 0 Å². The predicted molar refractivity (Wildman–Crippen MR) is 82.4 cm³/mol. The number of hydrogen-bond acceptors (Lipinski definition) is 3. The molecule has 0 amide bonds. The Morgan fingerprint density at radius 2 is 1.95 bits per heavy atom. The predicted octanol–water partition coefficient (Wildman–Crippen LogP) is 3.06. The zero-order valence-corrected chi connectivity index (χ0v) is 13.1. The summed E-state index contributed by atoms with van der Waals surface area (Å²) in [6.45, 7) is 4.67. The van der Waals surface area contributed by atoms with Gasteiger partial charge in [-0.25, -0.2) is 0 Å². The lowest BCUT2D eigenvalue weighted by molar-refractivity contribution is -0.0884. The fourth-order valence-corrected chi connectivity index (χ4v) is 2.73. The van der Waals surface area contributed by atoms with Crippen molar-refractivity contribution < 1.29 is 9.47 Å². The van der Waals surface area contributed by atoms with Gasteiger partial charge in [-0.05, 0) is 31.0 Å². The minimum Gasteiger partial charge on any atom is -0.381 e. The van der Waals surface area contributed by atoms with Crippen molar-refractivity contribution in [2.24, 2.45) is 0 Å². The highest BCUT2D eigenvalue weighted by Gasteiger charge is 2.32. The van der Waals surface area contributed by atoms with Crippen LogP contribution >= 0.6 is 11.6 Å². The van der Waals surface area contributed by atoms with Gasteiger partial charge in [0.1, 0.15) is 0 Å². The van der Waals surface area contributed by atoms with E-state index in [9.17, 15) is 0 Å². The number of methoxy groups -OCH3 is 1. The van der Waals surface area contributed by atoms with Crippen LogP contribution < -0.4 is 5.32 Å². The number of rotatable bonds is 6. The third kappa shape index (κ3) is 4.45. The fraction of sp³-hybridized carbons (Fsp3) is 0.625. The molecule has 1 aromatic carbocycles. The molecule has 112 valence electrons. The average molecular weight is 298 g/mol. The first-order chi connectivity index (χ1) is 9.63. The Bertz CT molecular complexity index is 401. The lowest BCUT2D eigenvalue weighted by atomic mass is 9.93. The van der Waals surface area contributed by atoms with Gasteiger partial charge in [0.2, 0.25) is 0 Å². The first kappa shape index (κ1) is 15.8. The van der Waals surface area contributed by atoms with E-state index < -0.39 is 0 Å². The topological polar surface area (TPSA) is 30.5 Å². The first-order valence-electron chi connectivity index (χ1n) is 7.24. The SMILES string of the molecule is COC1(CN[C@H](C)Cc2ccc(Cl)cc2)CCOCC1. The zero-order valence-electron chi connectivity index (χ0n) is 12.3. The van der Waals surface area contributed by atoms with Crippen LogP contribution in [-0.2, 0) is 15.9 Å². The molecule has 0 unspecified atom stereocenters. The van der Waals surface area contributed by atoms with Crippen molar-refractivity contribution in [2.45, 2.75) is 37.8 Å². The first-order valence-corrected chi connectivity index (χ1v) is 7.62. The number of ether oxygens (including phenoxy) is 2. The second-order valence-corrected chi connectivity index (χ2v) is 6.05. The van der Waals surface area contributed by atoms with Crippen LogP contribution in [0.15, 0.2) is 24.3 Å². The van der Waals surface area contributed by atoms with Crippen LogP contribution in [0.4, 0.5) is 0 Å². The second kappa shape index (κ2) is 7.41. The van der Waals surface area contributed by atoms with Crippen LogP contribution in [0.5, 0.6) is 0 Å². The maximum Gasteiger partial charge on any atom is 0.0846 e. The average Bonchev–Trinajstić information content (AvgIpc) is 2.49. The number of benzene rings is 1. The van der Waals surface area contributed by atoms with Crippen molar-refractivity contribution in [1.82, 2.24) is 5.32 Å². The van der Waals surface area contributed by atoms with Crippen LogP contribution in [0.25, 0.3) is 0 Å². The van der Waals surface area contributed by atoms with Gasteiger partial charge in [-0.15, -0.1) is 0 Å². The molecule has 0 aromatic heterocycles. The maximum atomic E-state index is 5.90. The van der Waals surface area contributed by atoms with E-state index in [-0.39, 0.29) is 5.60 Å². The molecule has 1 aromatic rings. The van der Waals surface area contributed by atoms with E-state index in [1.165, 1.54) is 5.56 Å². The molecule has 1 N–H and O–H groups in total. The van der Waals surface area contributed by atoms with Gasteiger partial charge in [0.25, 0.3) is 0 Å². The Balaban J connectivity index is 1.81. The summed E-state index contributed by atoms with van der Waals surface area (Å²) in [7, 11) is 1.80. The smallest absolute Gasteiger partial charge is 0.0846 e. The summed E-state index contributed by atoms with van der Waals surface area (Å²) in [4.78, 5) is 0. The summed E-state index contributed by atoms with van der Waals surface area (Å²) >= 11 is 5.90. The van der Waals surface area contributed by atoms with Gasteiger partial charge >= 0.3 is 0 Å². The molecule has 0 spiro atoms. The summed E-state index contributed by atoms with van der Waals surface area (Å²) in [6, 6.07) is 8.46. The lowest BCUT2D eigenvalue weighted by Crippen LogP contribution is -2.49. The van der Waals surface area contributed by atoms with Crippen LogP contribution in [0.3, 0.4) is 0 Å². The molecule has 1 atom stereocenters. The van der Waals surface area contributed by atoms with Crippen molar-refractivity contribution in [2.75, 3.05) is 26.9 Å². The summed E-state index contributed by atoms with van der Waals surface area (Å²) in [6.07, 6.45) is 2.92. The molecule has 1 fully saturated rings. The van der Waals surface area contributed by atoms with Crippen LogP contribution in [0.1, 0.15) is 25.3 Å². The molecule has 0 bridgehead atoms. The lowest BCUT2D eigenvalue weighted by Gasteiger charge is -2.37. The zero-order chi connectivity index (χ0) is 14.4. The van der Waals surface area contributed by atoms with E-state index in [1.54, 1.807) is 7.11 Å². The summed E-state index contributed by atoms with van der Waals surface area (Å²) in [5, 5.41) is 4.38.